The number of rotatable bonds is 5. The van der Waals surface area contributed by atoms with E-state index in [1.165, 1.54) is 11.8 Å². The first-order valence-electron chi connectivity index (χ1n) is 9.35. The highest BCUT2D eigenvalue weighted by atomic mass is 32.2. The monoisotopic (exact) mass is 401 g/mol. The minimum atomic E-state index is 0.0888. The number of fused-ring (bicyclic) bond motifs is 3. The summed E-state index contributed by atoms with van der Waals surface area (Å²) < 4.78 is 4.08. The molecular weight excluding hydrogens is 382 g/mol. The molecule has 1 N–H and O–H groups in total. The van der Waals surface area contributed by atoms with Crippen LogP contribution in [-0.2, 0) is 0 Å². The van der Waals surface area contributed by atoms with Crippen molar-refractivity contribution in [3.63, 3.8) is 0 Å². The molecule has 0 atom stereocenters. The maximum absolute atomic E-state index is 13.0. The second-order valence-electron chi connectivity index (χ2n) is 6.93. The van der Waals surface area contributed by atoms with E-state index < -0.39 is 0 Å². The largest absolute Gasteiger partial charge is 0.318 e. The number of aromatic amines is 1. The van der Waals surface area contributed by atoms with Gasteiger partial charge in [-0.1, -0.05) is 42.1 Å². The number of nitrogens with zero attached hydrogens (tertiary/aromatic N) is 4. The predicted octanol–water partition coefficient (Wildman–Crippen LogP) is 4.59. The average Bonchev–Trinajstić information content (AvgIpc) is 3.38. The molecule has 29 heavy (non-hydrogen) atoms. The molecule has 5 rings (SSSR count). The molecule has 0 aliphatic heterocycles. The van der Waals surface area contributed by atoms with Crippen LogP contribution in [0.25, 0.3) is 22.5 Å². The summed E-state index contributed by atoms with van der Waals surface area (Å²) in [6, 6.07) is 20.0. The van der Waals surface area contributed by atoms with Crippen molar-refractivity contribution in [2.45, 2.75) is 19.0 Å². The highest BCUT2D eigenvalue weighted by Gasteiger charge is 2.19. The summed E-state index contributed by atoms with van der Waals surface area (Å²) in [5.41, 5.74) is 5.70. The van der Waals surface area contributed by atoms with Gasteiger partial charge >= 0.3 is 0 Å². The van der Waals surface area contributed by atoms with Crippen molar-refractivity contribution >= 4 is 34.4 Å². The number of benzene rings is 2. The minimum absolute atomic E-state index is 0.0888. The van der Waals surface area contributed by atoms with Crippen LogP contribution in [0.1, 0.15) is 21.7 Å². The fourth-order valence-electron chi connectivity index (χ4n) is 3.77. The molecule has 0 saturated heterocycles. The lowest BCUT2D eigenvalue weighted by Crippen LogP contribution is -2.06. The minimum Gasteiger partial charge on any atom is -0.318 e. The van der Waals surface area contributed by atoms with Gasteiger partial charge in [0, 0.05) is 22.6 Å². The molecule has 0 radical (unpaired) electrons. The lowest BCUT2D eigenvalue weighted by atomic mass is 10.2. The van der Waals surface area contributed by atoms with Crippen LogP contribution >= 0.6 is 11.8 Å². The van der Waals surface area contributed by atoms with E-state index in [1.54, 1.807) is 0 Å². The van der Waals surface area contributed by atoms with Crippen LogP contribution in [0.2, 0.25) is 0 Å². The lowest BCUT2D eigenvalue weighted by molar-refractivity contribution is 0.102. The van der Waals surface area contributed by atoms with E-state index in [9.17, 15) is 4.79 Å². The third-order valence-corrected chi connectivity index (χ3v) is 6.02. The molecule has 144 valence electrons. The summed E-state index contributed by atoms with van der Waals surface area (Å²) >= 11 is 1.42. The zero-order valence-corrected chi connectivity index (χ0v) is 16.9. The van der Waals surface area contributed by atoms with E-state index in [4.69, 9.17) is 0 Å². The Morgan fingerprint density at radius 2 is 1.83 bits per heavy atom. The number of hydrogen-bond acceptors (Lipinski definition) is 4. The molecule has 0 amide bonds. The third-order valence-electron chi connectivity index (χ3n) is 5.08. The molecule has 7 heteroatoms. The SMILES string of the molecule is Cc1cc(C(=O)CSc2n[nH]c3nc4ccccc4n23)c(C)n1-c1ccccc1. The van der Waals surface area contributed by atoms with Crippen molar-refractivity contribution < 1.29 is 4.79 Å². The summed E-state index contributed by atoms with van der Waals surface area (Å²) in [6.07, 6.45) is 0. The van der Waals surface area contributed by atoms with Crippen LogP contribution in [0.5, 0.6) is 0 Å². The zero-order valence-electron chi connectivity index (χ0n) is 16.1. The van der Waals surface area contributed by atoms with Gasteiger partial charge < -0.3 is 4.57 Å². The van der Waals surface area contributed by atoms with Crippen molar-refractivity contribution in [3.8, 4) is 5.69 Å². The number of H-pyrrole nitrogens is 1. The molecule has 0 spiro atoms. The molecule has 2 aromatic carbocycles. The van der Waals surface area contributed by atoms with Crippen molar-refractivity contribution in [3.05, 3.63) is 77.6 Å². The maximum atomic E-state index is 13.0. The number of Topliss-reactive ketones (excluding diaryl/α,β-unsaturated/α-hetero) is 1. The van der Waals surface area contributed by atoms with E-state index in [0.717, 1.165) is 38.8 Å². The van der Waals surface area contributed by atoms with Gasteiger partial charge in [-0.15, -0.1) is 5.10 Å². The maximum Gasteiger partial charge on any atom is 0.231 e. The number of thioether (sulfide) groups is 1. The number of carbonyl (C=O) groups excluding carboxylic acids is 1. The summed E-state index contributed by atoms with van der Waals surface area (Å²) in [5, 5.41) is 8.03. The van der Waals surface area contributed by atoms with Crippen LogP contribution in [0.4, 0.5) is 0 Å². The molecule has 0 bridgehead atoms. The number of aryl methyl sites for hydroxylation is 1. The van der Waals surface area contributed by atoms with Gasteiger partial charge in [0.1, 0.15) is 0 Å². The molecule has 3 aromatic heterocycles. The van der Waals surface area contributed by atoms with Gasteiger partial charge in [0.25, 0.3) is 0 Å². The molecule has 6 nitrogen and oxygen atoms in total. The van der Waals surface area contributed by atoms with Gasteiger partial charge in [0.15, 0.2) is 10.9 Å². The first-order valence-corrected chi connectivity index (χ1v) is 10.3. The van der Waals surface area contributed by atoms with E-state index in [2.05, 4.69) is 19.7 Å². The second-order valence-corrected chi connectivity index (χ2v) is 7.88. The number of ketones is 1. The summed E-state index contributed by atoms with van der Waals surface area (Å²) in [4.78, 5) is 17.5. The first-order chi connectivity index (χ1) is 14.1. The second kappa shape index (κ2) is 6.93. The Morgan fingerprint density at radius 3 is 2.66 bits per heavy atom. The molecular formula is C22H19N5OS. The predicted molar refractivity (Wildman–Crippen MR) is 115 cm³/mol. The quantitative estimate of drug-likeness (QED) is 0.345. The average molecular weight is 401 g/mol. The van der Waals surface area contributed by atoms with Gasteiger partial charge in [-0.25, -0.2) is 10.1 Å². The normalized spacial score (nSPS) is 11.5. The van der Waals surface area contributed by atoms with Crippen LogP contribution in [-0.4, -0.2) is 35.7 Å². The van der Waals surface area contributed by atoms with Crippen molar-refractivity contribution in [1.29, 1.82) is 0 Å². The number of imidazole rings is 1. The number of nitrogens with one attached hydrogen (secondary N) is 1. The van der Waals surface area contributed by atoms with Gasteiger partial charge in [0.05, 0.1) is 16.8 Å². The zero-order chi connectivity index (χ0) is 20.0. The summed E-state index contributed by atoms with van der Waals surface area (Å²) in [5.74, 6) is 1.08. The Hall–Kier alpha value is -3.32. The summed E-state index contributed by atoms with van der Waals surface area (Å²) in [7, 11) is 0. The molecule has 0 fully saturated rings. The topological polar surface area (TPSA) is 68.0 Å². The van der Waals surface area contributed by atoms with E-state index in [-0.39, 0.29) is 5.78 Å². The Morgan fingerprint density at radius 1 is 1.07 bits per heavy atom. The summed E-state index contributed by atoms with van der Waals surface area (Å²) in [6.45, 7) is 4.02. The Kier molecular flexibility index (Phi) is 4.24. The Labute approximate surface area is 171 Å². The molecule has 0 unspecified atom stereocenters. The van der Waals surface area contributed by atoms with Crippen LogP contribution in [0.15, 0.2) is 65.8 Å². The van der Waals surface area contributed by atoms with Gasteiger partial charge in [-0.3, -0.25) is 9.20 Å². The lowest BCUT2D eigenvalue weighted by Gasteiger charge is -2.09. The van der Waals surface area contributed by atoms with Gasteiger partial charge in [-0.2, -0.15) is 0 Å². The van der Waals surface area contributed by atoms with E-state index in [1.807, 2.05) is 78.9 Å². The fraction of sp³-hybridized carbons (Fsp3) is 0.136. The van der Waals surface area contributed by atoms with Crippen molar-refractivity contribution in [2.24, 2.45) is 0 Å². The Bertz CT molecular complexity index is 1350. The molecule has 0 aliphatic carbocycles. The molecule has 3 heterocycles. The van der Waals surface area contributed by atoms with Crippen LogP contribution in [0, 0.1) is 13.8 Å². The van der Waals surface area contributed by atoms with E-state index in [0.29, 0.717) is 11.5 Å². The number of carbonyl (C=O) groups is 1. The smallest absolute Gasteiger partial charge is 0.231 e. The first kappa shape index (κ1) is 17.8. The van der Waals surface area contributed by atoms with E-state index >= 15 is 0 Å². The molecule has 0 saturated carbocycles. The van der Waals surface area contributed by atoms with Crippen LogP contribution in [0.3, 0.4) is 0 Å². The molecule has 5 aromatic rings. The van der Waals surface area contributed by atoms with Gasteiger partial charge in [-0.05, 0) is 44.2 Å². The third kappa shape index (κ3) is 2.94. The number of hydrogen-bond donors (Lipinski definition) is 1. The van der Waals surface area contributed by atoms with Crippen LogP contribution < -0.4 is 0 Å². The standard InChI is InChI=1S/C22H19N5OS/c1-14-12-17(15(2)26(14)16-8-4-3-5-9-16)20(28)13-29-22-25-24-21-23-18-10-6-7-11-19(18)27(21)22/h3-12H,13H2,1-2H3,(H,23,24). The van der Waals surface area contributed by atoms with Crippen molar-refractivity contribution in [2.75, 3.05) is 5.75 Å². The Balaban J connectivity index is 1.43. The molecule has 0 aliphatic rings. The van der Waals surface area contributed by atoms with Crippen molar-refractivity contribution in [1.82, 2.24) is 24.1 Å². The highest BCUT2D eigenvalue weighted by molar-refractivity contribution is 7.99. The number of para-hydroxylation sites is 3. The highest BCUT2D eigenvalue weighted by Crippen LogP contribution is 2.26. The van der Waals surface area contributed by atoms with Gasteiger partial charge in [0.2, 0.25) is 5.78 Å². The fourth-order valence-corrected chi connectivity index (χ4v) is 4.61. The number of aromatic nitrogens is 5.